The molecule has 0 aliphatic carbocycles. The number of carbonyl (C=O) groups is 3. The van der Waals surface area contributed by atoms with Crippen LogP contribution in [0.3, 0.4) is 0 Å². The third-order valence-electron chi connectivity index (χ3n) is 4.80. The van der Waals surface area contributed by atoms with E-state index in [1.807, 2.05) is 36.5 Å². The van der Waals surface area contributed by atoms with Crippen molar-refractivity contribution in [3.05, 3.63) is 71.9 Å². The Balaban J connectivity index is 1.28. The minimum Gasteiger partial charge on any atom is -0.354 e. The van der Waals surface area contributed by atoms with Crippen LogP contribution < -0.4 is 5.32 Å². The fraction of sp³-hybridized carbons (Fsp3) is 0.190. The van der Waals surface area contributed by atoms with Crippen molar-refractivity contribution in [3.8, 4) is 0 Å². The Morgan fingerprint density at radius 1 is 0.852 bits per heavy atom. The summed E-state index contributed by atoms with van der Waals surface area (Å²) >= 11 is 0. The van der Waals surface area contributed by atoms with Crippen LogP contribution in [-0.2, 0) is 11.3 Å². The molecule has 2 heterocycles. The molecule has 6 nitrogen and oxygen atoms in total. The Kier molecular flexibility index (Phi) is 4.46. The van der Waals surface area contributed by atoms with Gasteiger partial charge in [-0.25, -0.2) is 0 Å². The first-order valence-electron chi connectivity index (χ1n) is 8.91. The number of rotatable bonds is 6. The lowest BCUT2D eigenvalue weighted by molar-refractivity contribution is -0.121. The van der Waals surface area contributed by atoms with Crippen LogP contribution in [0.4, 0.5) is 0 Å². The first-order chi connectivity index (χ1) is 13.1. The molecule has 0 radical (unpaired) electrons. The molecule has 0 saturated heterocycles. The molecule has 0 spiro atoms. The highest BCUT2D eigenvalue weighted by molar-refractivity contribution is 6.21. The van der Waals surface area contributed by atoms with Crippen LogP contribution in [0, 0.1) is 0 Å². The second-order valence-electron chi connectivity index (χ2n) is 6.48. The second kappa shape index (κ2) is 7.07. The SMILES string of the molecule is O=C(CCN1C(=O)c2ccccc2C1=O)NCCn1ccc2ccccc21. The van der Waals surface area contributed by atoms with E-state index < -0.39 is 0 Å². The number of nitrogens with one attached hydrogen (secondary N) is 1. The topological polar surface area (TPSA) is 71.4 Å². The zero-order valence-corrected chi connectivity index (χ0v) is 14.7. The van der Waals surface area contributed by atoms with Crippen molar-refractivity contribution in [3.63, 3.8) is 0 Å². The third kappa shape index (κ3) is 3.21. The molecule has 6 heteroatoms. The van der Waals surface area contributed by atoms with Crippen molar-refractivity contribution in [1.82, 2.24) is 14.8 Å². The number of fused-ring (bicyclic) bond motifs is 2. The predicted molar refractivity (Wildman–Crippen MR) is 101 cm³/mol. The van der Waals surface area contributed by atoms with Crippen LogP contribution >= 0.6 is 0 Å². The maximum absolute atomic E-state index is 12.3. The summed E-state index contributed by atoms with van der Waals surface area (Å²) in [6.45, 7) is 1.23. The van der Waals surface area contributed by atoms with Gasteiger partial charge in [-0.1, -0.05) is 30.3 Å². The molecule has 136 valence electrons. The molecule has 0 unspecified atom stereocenters. The smallest absolute Gasteiger partial charge is 0.261 e. The van der Waals surface area contributed by atoms with Crippen molar-refractivity contribution in [1.29, 1.82) is 0 Å². The first kappa shape index (κ1) is 17.0. The molecule has 0 bridgehead atoms. The van der Waals surface area contributed by atoms with Gasteiger partial charge in [0.2, 0.25) is 5.91 Å². The molecule has 0 atom stereocenters. The van der Waals surface area contributed by atoms with Crippen LogP contribution in [-0.4, -0.2) is 40.3 Å². The zero-order chi connectivity index (χ0) is 18.8. The molecule has 1 aliphatic heterocycles. The summed E-state index contributed by atoms with van der Waals surface area (Å²) in [7, 11) is 0. The minimum atomic E-state index is -0.331. The maximum atomic E-state index is 12.3. The molecule has 27 heavy (non-hydrogen) atoms. The molecule has 3 aromatic rings. The molecule has 1 N–H and O–H groups in total. The van der Waals surface area contributed by atoms with E-state index in [0.717, 1.165) is 15.8 Å². The first-order valence-corrected chi connectivity index (χ1v) is 8.91. The summed E-state index contributed by atoms with van der Waals surface area (Å²) in [6.07, 6.45) is 2.09. The van der Waals surface area contributed by atoms with E-state index >= 15 is 0 Å². The van der Waals surface area contributed by atoms with Crippen LogP contribution in [0.2, 0.25) is 0 Å². The summed E-state index contributed by atoms with van der Waals surface area (Å²) in [5.41, 5.74) is 1.93. The summed E-state index contributed by atoms with van der Waals surface area (Å²) in [5.74, 6) is -0.840. The largest absolute Gasteiger partial charge is 0.354 e. The van der Waals surface area contributed by atoms with Crippen molar-refractivity contribution >= 4 is 28.6 Å². The van der Waals surface area contributed by atoms with Crippen LogP contribution in [0.5, 0.6) is 0 Å². The predicted octanol–water partition coefficient (Wildman–Crippen LogP) is 2.44. The standard InChI is InChI=1S/C21H19N3O3/c25-19(22-11-14-23-12-9-15-5-1-4-8-18(15)23)10-13-24-20(26)16-6-2-3-7-17(16)21(24)27/h1-9,12H,10-11,13-14H2,(H,22,25). The van der Waals surface area contributed by atoms with Gasteiger partial charge in [-0.05, 0) is 29.7 Å². The Bertz CT molecular complexity index is 1000. The van der Waals surface area contributed by atoms with Gasteiger partial charge >= 0.3 is 0 Å². The number of aromatic nitrogens is 1. The van der Waals surface area contributed by atoms with E-state index in [9.17, 15) is 14.4 Å². The van der Waals surface area contributed by atoms with Crippen molar-refractivity contribution in [2.24, 2.45) is 0 Å². The van der Waals surface area contributed by atoms with Gasteiger partial charge in [-0.15, -0.1) is 0 Å². The summed E-state index contributed by atoms with van der Waals surface area (Å²) in [6, 6.07) is 16.8. The van der Waals surface area contributed by atoms with E-state index in [-0.39, 0.29) is 30.7 Å². The fourth-order valence-electron chi connectivity index (χ4n) is 3.40. The number of nitrogens with zero attached hydrogens (tertiary/aromatic N) is 2. The Labute approximate surface area is 156 Å². The Hall–Kier alpha value is -3.41. The van der Waals surface area contributed by atoms with Gasteiger partial charge in [-0.2, -0.15) is 0 Å². The number of amides is 3. The number of carbonyl (C=O) groups excluding carboxylic acids is 3. The Morgan fingerprint density at radius 2 is 1.52 bits per heavy atom. The van der Waals surface area contributed by atoms with Gasteiger partial charge in [0, 0.05) is 37.8 Å². The summed E-state index contributed by atoms with van der Waals surface area (Å²) in [4.78, 5) is 37.8. The van der Waals surface area contributed by atoms with Gasteiger partial charge in [0.25, 0.3) is 11.8 Å². The van der Waals surface area contributed by atoms with Crippen molar-refractivity contribution in [2.45, 2.75) is 13.0 Å². The minimum absolute atomic E-state index is 0.0879. The molecule has 2 aromatic carbocycles. The van der Waals surface area contributed by atoms with E-state index in [2.05, 4.69) is 9.88 Å². The van der Waals surface area contributed by atoms with Crippen LogP contribution in [0.15, 0.2) is 60.8 Å². The average Bonchev–Trinajstić information content (AvgIpc) is 3.20. The van der Waals surface area contributed by atoms with Crippen LogP contribution in [0.1, 0.15) is 27.1 Å². The highest BCUT2D eigenvalue weighted by Gasteiger charge is 2.34. The van der Waals surface area contributed by atoms with Gasteiger partial charge in [0.15, 0.2) is 0 Å². The van der Waals surface area contributed by atoms with E-state index in [1.54, 1.807) is 24.3 Å². The highest BCUT2D eigenvalue weighted by Crippen LogP contribution is 2.22. The molecule has 0 saturated carbocycles. The summed E-state index contributed by atoms with van der Waals surface area (Å²) in [5, 5.41) is 4.01. The van der Waals surface area contributed by atoms with E-state index in [4.69, 9.17) is 0 Å². The maximum Gasteiger partial charge on any atom is 0.261 e. The normalized spacial score (nSPS) is 13.3. The number of para-hydroxylation sites is 1. The van der Waals surface area contributed by atoms with Crippen LogP contribution in [0.25, 0.3) is 10.9 Å². The zero-order valence-electron chi connectivity index (χ0n) is 14.7. The number of hydrogen-bond donors (Lipinski definition) is 1. The molecule has 4 rings (SSSR count). The number of hydrogen-bond acceptors (Lipinski definition) is 3. The van der Waals surface area contributed by atoms with E-state index in [0.29, 0.717) is 24.2 Å². The van der Waals surface area contributed by atoms with Gasteiger partial charge < -0.3 is 9.88 Å². The number of benzene rings is 2. The second-order valence-corrected chi connectivity index (χ2v) is 6.48. The lowest BCUT2D eigenvalue weighted by Crippen LogP contribution is -2.35. The lowest BCUT2D eigenvalue weighted by atomic mass is 10.1. The summed E-state index contributed by atoms with van der Waals surface area (Å²) < 4.78 is 2.08. The molecular formula is C21H19N3O3. The monoisotopic (exact) mass is 361 g/mol. The molecular weight excluding hydrogens is 342 g/mol. The average molecular weight is 361 g/mol. The van der Waals surface area contributed by atoms with Gasteiger partial charge in [-0.3, -0.25) is 19.3 Å². The van der Waals surface area contributed by atoms with E-state index in [1.165, 1.54) is 0 Å². The molecule has 3 amide bonds. The molecule has 0 fully saturated rings. The van der Waals surface area contributed by atoms with Gasteiger partial charge in [0.1, 0.15) is 0 Å². The molecule has 1 aromatic heterocycles. The van der Waals surface area contributed by atoms with Crippen molar-refractivity contribution < 1.29 is 14.4 Å². The van der Waals surface area contributed by atoms with Crippen molar-refractivity contribution in [2.75, 3.05) is 13.1 Å². The molecule has 1 aliphatic rings. The van der Waals surface area contributed by atoms with Gasteiger partial charge in [0.05, 0.1) is 11.1 Å². The Morgan fingerprint density at radius 3 is 2.26 bits per heavy atom. The fourth-order valence-corrected chi connectivity index (χ4v) is 3.40. The third-order valence-corrected chi connectivity index (χ3v) is 4.80. The lowest BCUT2D eigenvalue weighted by Gasteiger charge is -2.13. The number of imide groups is 1. The highest BCUT2D eigenvalue weighted by atomic mass is 16.2. The quantitative estimate of drug-likeness (QED) is 0.686.